The van der Waals surface area contributed by atoms with Crippen LogP contribution in [-0.2, 0) is 4.79 Å². The van der Waals surface area contributed by atoms with Gasteiger partial charge in [0.15, 0.2) is 10.2 Å². The molecule has 0 amide bonds. The van der Waals surface area contributed by atoms with E-state index < -0.39 is 11.2 Å². The molecular formula is C12H19F3N4OS. The minimum atomic E-state index is -4.69. The highest BCUT2D eigenvalue weighted by Gasteiger charge is 2.36. The first kappa shape index (κ1) is 18.0. The molecule has 120 valence electrons. The summed E-state index contributed by atoms with van der Waals surface area (Å²) in [5, 5.41) is 12.8. The maximum atomic E-state index is 12.2. The van der Waals surface area contributed by atoms with Gasteiger partial charge in [-0.15, -0.1) is 0 Å². The molecule has 1 saturated heterocycles. The zero-order valence-corrected chi connectivity index (χ0v) is 12.6. The first-order valence-corrected chi connectivity index (χ1v) is 7.40. The maximum Gasteiger partial charge on any atom is 0.439 e. The van der Waals surface area contributed by atoms with Gasteiger partial charge in [-0.05, 0) is 31.7 Å². The van der Waals surface area contributed by atoms with Crippen molar-refractivity contribution < 1.29 is 18.0 Å². The van der Waals surface area contributed by atoms with Crippen LogP contribution in [0.5, 0.6) is 0 Å². The van der Waals surface area contributed by atoms with Crippen molar-refractivity contribution in [1.29, 1.82) is 10.8 Å². The monoisotopic (exact) mass is 324 g/mol. The molecule has 1 aliphatic rings. The lowest BCUT2D eigenvalue weighted by molar-refractivity contribution is -0.117. The number of thioether (sulfide) groups is 1. The molecule has 0 aromatic heterocycles. The average Bonchev–Trinajstić information content (AvgIpc) is 2.37. The second kappa shape index (κ2) is 7.79. The van der Waals surface area contributed by atoms with Gasteiger partial charge < -0.3 is 9.69 Å². The van der Waals surface area contributed by atoms with Gasteiger partial charge in [0, 0.05) is 32.6 Å². The van der Waals surface area contributed by atoms with Crippen LogP contribution in [0, 0.1) is 10.8 Å². The van der Waals surface area contributed by atoms with E-state index in [0.29, 0.717) is 32.6 Å². The van der Waals surface area contributed by atoms with Crippen molar-refractivity contribution in [2.45, 2.75) is 25.9 Å². The lowest BCUT2D eigenvalue weighted by Gasteiger charge is -2.35. The Labute approximate surface area is 125 Å². The molecule has 0 bridgehead atoms. The Morgan fingerprint density at radius 1 is 1.19 bits per heavy atom. The molecule has 0 spiro atoms. The fourth-order valence-corrected chi connectivity index (χ4v) is 2.57. The molecule has 1 aliphatic heterocycles. The van der Waals surface area contributed by atoms with Gasteiger partial charge in [-0.2, -0.15) is 13.2 Å². The van der Waals surface area contributed by atoms with Gasteiger partial charge in [0.1, 0.15) is 5.78 Å². The van der Waals surface area contributed by atoms with E-state index in [1.54, 1.807) is 11.8 Å². The van der Waals surface area contributed by atoms with Crippen molar-refractivity contribution in [3.63, 3.8) is 0 Å². The second-order valence-electron chi connectivity index (χ2n) is 4.87. The number of carbonyl (C=O) groups is 1. The van der Waals surface area contributed by atoms with Crippen molar-refractivity contribution in [2.75, 3.05) is 32.7 Å². The third-order valence-electron chi connectivity index (χ3n) is 3.12. The minimum absolute atomic E-state index is 0.140. The number of piperazine rings is 1. The van der Waals surface area contributed by atoms with E-state index in [-0.39, 0.29) is 22.7 Å². The van der Waals surface area contributed by atoms with E-state index >= 15 is 0 Å². The standard InChI is InChI=1S/C12H19F3N4OS/c1-9(20)3-2-4-18-5-7-19(8-6-18)11(17)21-10(16)12(13,14)15/h16-17H,2-8H2,1H3. The summed E-state index contributed by atoms with van der Waals surface area (Å²) in [5.74, 6) is 0.150. The predicted molar refractivity (Wildman–Crippen MR) is 77.0 cm³/mol. The normalized spacial score (nSPS) is 16.9. The number of hydrogen-bond acceptors (Lipinski definition) is 5. The van der Waals surface area contributed by atoms with Crippen molar-refractivity contribution in [1.82, 2.24) is 9.80 Å². The highest BCUT2D eigenvalue weighted by Crippen LogP contribution is 2.25. The van der Waals surface area contributed by atoms with Gasteiger partial charge in [0.25, 0.3) is 0 Å². The number of nitrogens with one attached hydrogen (secondary N) is 2. The van der Waals surface area contributed by atoms with E-state index in [9.17, 15) is 18.0 Å². The lowest BCUT2D eigenvalue weighted by Crippen LogP contribution is -2.48. The molecule has 21 heavy (non-hydrogen) atoms. The number of alkyl halides is 3. The molecule has 1 heterocycles. The van der Waals surface area contributed by atoms with Crippen LogP contribution in [0.3, 0.4) is 0 Å². The van der Waals surface area contributed by atoms with Crippen LogP contribution in [0.15, 0.2) is 0 Å². The number of rotatable bonds is 4. The van der Waals surface area contributed by atoms with E-state index in [0.717, 1.165) is 13.0 Å². The Balaban J connectivity index is 2.31. The van der Waals surface area contributed by atoms with Gasteiger partial charge in [0.05, 0.1) is 0 Å². The van der Waals surface area contributed by atoms with Crippen LogP contribution in [0.1, 0.15) is 19.8 Å². The molecule has 0 unspecified atom stereocenters. The van der Waals surface area contributed by atoms with Crippen LogP contribution >= 0.6 is 11.8 Å². The number of Topliss-reactive ketones (excluding diaryl/α,β-unsaturated/α-hetero) is 1. The molecule has 5 nitrogen and oxygen atoms in total. The maximum absolute atomic E-state index is 12.2. The first-order chi connectivity index (χ1) is 9.70. The summed E-state index contributed by atoms with van der Waals surface area (Å²) >= 11 is 0.140. The molecule has 1 rings (SSSR count). The third kappa shape index (κ3) is 6.47. The van der Waals surface area contributed by atoms with Crippen molar-refractivity contribution in [2.24, 2.45) is 0 Å². The van der Waals surface area contributed by atoms with Crippen molar-refractivity contribution in [3.05, 3.63) is 0 Å². The lowest BCUT2D eigenvalue weighted by atomic mass is 10.2. The summed E-state index contributed by atoms with van der Waals surface area (Å²) in [6.07, 6.45) is -3.37. The van der Waals surface area contributed by atoms with Crippen molar-refractivity contribution in [3.8, 4) is 0 Å². The van der Waals surface area contributed by atoms with E-state index in [4.69, 9.17) is 10.8 Å². The van der Waals surface area contributed by atoms with Crippen LogP contribution in [0.25, 0.3) is 0 Å². The van der Waals surface area contributed by atoms with Gasteiger partial charge in [0.2, 0.25) is 0 Å². The van der Waals surface area contributed by atoms with Crippen LogP contribution < -0.4 is 0 Å². The highest BCUT2D eigenvalue weighted by atomic mass is 32.2. The molecule has 9 heteroatoms. The SMILES string of the molecule is CC(=O)CCCN1CCN(C(=N)SC(=N)C(F)(F)F)CC1. The molecule has 0 saturated carbocycles. The Hall–Kier alpha value is -1.09. The number of carbonyl (C=O) groups excluding carboxylic acids is 1. The summed E-state index contributed by atoms with van der Waals surface area (Å²) in [7, 11) is 0. The zero-order valence-electron chi connectivity index (χ0n) is 11.8. The molecule has 1 fully saturated rings. The van der Waals surface area contributed by atoms with Gasteiger partial charge in [-0.1, -0.05) is 0 Å². The van der Waals surface area contributed by atoms with Gasteiger partial charge in [-0.25, -0.2) is 0 Å². The number of hydrogen-bond donors (Lipinski definition) is 2. The van der Waals surface area contributed by atoms with Crippen molar-refractivity contribution >= 4 is 27.8 Å². The Morgan fingerprint density at radius 3 is 2.24 bits per heavy atom. The number of nitrogens with zero attached hydrogens (tertiary/aromatic N) is 2. The minimum Gasteiger partial charge on any atom is -0.349 e. The van der Waals surface area contributed by atoms with E-state index in [2.05, 4.69) is 4.90 Å². The fraction of sp³-hybridized carbons (Fsp3) is 0.750. The van der Waals surface area contributed by atoms with Crippen LogP contribution in [0.4, 0.5) is 13.2 Å². The highest BCUT2D eigenvalue weighted by molar-refractivity contribution is 8.26. The summed E-state index contributed by atoms with van der Waals surface area (Å²) in [6.45, 7) is 4.58. The molecule has 0 aliphatic carbocycles. The quantitative estimate of drug-likeness (QED) is 0.614. The Morgan fingerprint density at radius 2 is 1.76 bits per heavy atom. The number of ketones is 1. The topological polar surface area (TPSA) is 71.2 Å². The zero-order chi connectivity index (χ0) is 16.0. The van der Waals surface area contributed by atoms with Gasteiger partial charge in [-0.3, -0.25) is 15.7 Å². The molecular weight excluding hydrogens is 305 g/mol. The summed E-state index contributed by atoms with van der Waals surface area (Å²) in [6, 6.07) is 0. The van der Waals surface area contributed by atoms with E-state index in [1.165, 1.54) is 0 Å². The summed E-state index contributed by atoms with van der Waals surface area (Å²) in [4.78, 5) is 14.5. The largest absolute Gasteiger partial charge is 0.439 e. The predicted octanol–water partition coefficient (Wildman–Crippen LogP) is 2.18. The number of halogens is 3. The smallest absolute Gasteiger partial charge is 0.349 e. The van der Waals surface area contributed by atoms with Gasteiger partial charge >= 0.3 is 6.18 Å². The first-order valence-electron chi connectivity index (χ1n) is 6.59. The molecule has 2 N–H and O–H groups in total. The Bertz CT molecular complexity index is 406. The summed E-state index contributed by atoms with van der Waals surface area (Å²) in [5.41, 5.74) is 0. The average molecular weight is 324 g/mol. The molecule has 0 atom stereocenters. The summed E-state index contributed by atoms with van der Waals surface area (Å²) < 4.78 is 36.7. The van der Waals surface area contributed by atoms with Crippen LogP contribution in [0.2, 0.25) is 0 Å². The van der Waals surface area contributed by atoms with Crippen LogP contribution in [-0.4, -0.2) is 64.7 Å². The molecule has 0 aromatic rings. The molecule has 0 aromatic carbocycles. The molecule has 0 radical (unpaired) electrons. The fourth-order valence-electron chi connectivity index (χ4n) is 1.95. The number of amidine groups is 1. The van der Waals surface area contributed by atoms with E-state index in [1.807, 2.05) is 0 Å². The third-order valence-corrected chi connectivity index (χ3v) is 4.01. The second-order valence-corrected chi connectivity index (χ2v) is 5.87. The Kier molecular flexibility index (Phi) is 6.66.